The maximum absolute atomic E-state index is 11.1. The van der Waals surface area contributed by atoms with E-state index in [-0.39, 0.29) is 12.3 Å². The van der Waals surface area contributed by atoms with E-state index in [1.807, 2.05) is 0 Å². The number of rotatable bonds is 4. The van der Waals surface area contributed by atoms with Crippen LogP contribution in [0.2, 0.25) is 5.02 Å². The smallest absolute Gasteiger partial charge is 0.335 e. The van der Waals surface area contributed by atoms with Crippen molar-refractivity contribution in [2.24, 2.45) is 0 Å². The monoisotopic (exact) mass is 245 g/mol. The minimum Gasteiger partial charge on any atom is -0.481 e. The average molecular weight is 246 g/mol. The van der Waals surface area contributed by atoms with Gasteiger partial charge in [0, 0.05) is 18.2 Å². The van der Waals surface area contributed by atoms with Crippen LogP contribution in [0.25, 0.3) is 0 Å². The number of aromatic nitrogens is 1. The molecule has 0 fully saturated rings. The van der Waals surface area contributed by atoms with E-state index in [4.69, 9.17) is 16.3 Å². The lowest BCUT2D eigenvalue weighted by atomic mass is 10.1. The topological polar surface area (TPSA) is 68.7 Å². The zero-order chi connectivity index (χ0) is 12.1. The van der Waals surface area contributed by atoms with Crippen LogP contribution in [-0.2, 0) is 16.0 Å². The number of pyridine rings is 1. The van der Waals surface area contributed by atoms with Crippen molar-refractivity contribution in [1.29, 1.82) is 0 Å². The zero-order valence-electron chi connectivity index (χ0n) is 8.94. The van der Waals surface area contributed by atoms with Crippen molar-refractivity contribution in [2.75, 3.05) is 14.2 Å². The molecule has 6 heteroatoms. The number of aliphatic hydroxyl groups excluding tert-OH is 1. The first-order chi connectivity index (χ1) is 7.60. The fourth-order valence-electron chi connectivity index (χ4n) is 1.22. The molecule has 88 valence electrons. The Morgan fingerprint density at radius 1 is 1.62 bits per heavy atom. The Morgan fingerprint density at radius 2 is 2.31 bits per heavy atom. The summed E-state index contributed by atoms with van der Waals surface area (Å²) < 4.78 is 9.39. The number of methoxy groups -OCH3 is 2. The third kappa shape index (κ3) is 2.84. The third-order valence-corrected chi connectivity index (χ3v) is 2.38. The number of nitrogens with zero attached hydrogens (tertiary/aromatic N) is 1. The van der Waals surface area contributed by atoms with Crippen LogP contribution in [0.5, 0.6) is 5.88 Å². The predicted molar refractivity (Wildman–Crippen MR) is 57.5 cm³/mol. The number of carbonyl (C=O) groups excluding carboxylic acids is 1. The van der Waals surface area contributed by atoms with Gasteiger partial charge in [0.05, 0.1) is 19.2 Å². The molecule has 0 aliphatic rings. The molecular weight excluding hydrogens is 234 g/mol. The molecule has 1 aromatic heterocycles. The molecule has 0 aliphatic heterocycles. The number of esters is 1. The molecule has 0 aromatic carbocycles. The van der Waals surface area contributed by atoms with Crippen molar-refractivity contribution in [3.05, 3.63) is 22.8 Å². The Bertz CT molecular complexity index is 383. The standard InChI is InChI=1S/C10H12ClNO4/c1-15-9-6(7(11)3-4-12-9)5-8(13)10(14)16-2/h3-4,8,13H,5H2,1-2H3. The molecule has 5 nitrogen and oxygen atoms in total. The van der Waals surface area contributed by atoms with Crippen molar-refractivity contribution < 1.29 is 19.4 Å². The summed E-state index contributed by atoms with van der Waals surface area (Å²) in [7, 11) is 2.64. The number of aliphatic hydroxyl groups is 1. The van der Waals surface area contributed by atoms with Crippen molar-refractivity contribution in [3.8, 4) is 5.88 Å². The van der Waals surface area contributed by atoms with Gasteiger partial charge in [-0.2, -0.15) is 0 Å². The van der Waals surface area contributed by atoms with E-state index in [0.717, 1.165) is 0 Å². The molecule has 0 aliphatic carbocycles. The van der Waals surface area contributed by atoms with Crippen LogP contribution in [-0.4, -0.2) is 36.4 Å². The van der Waals surface area contributed by atoms with Gasteiger partial charge in [-0.1, -0.05) is 11.6 Å². The Labute approximate surface area is 98.0 Å². The van der Waals surface area contributed by atoms with E-state index in [9.17, 15) is 9.90 Å². The highest BCUT2D eigenvalue weighted by Gasteiger charge is 2.20. The zero-order valence-corrected chi connectivity index (χ0v) is 9.69. The Morgan fingerprint density at radius 3 is 2.88 bits per heavy atom. The molecule has 0 bridgehead atoms. The van der Waals surface area contributed by atoms with Gasteiger partial charge in [0.15, 0.2) is 6.10 Å². The summed E-state index contributed by atoms with van der Waals surface area (Å²) in [5, 5.41) is 9.88. The van der Waals surface area contributed by atoms with Crippen LogP contribution in [0.4, 0.5) is 0 Å². The van der Waals surface area contributed by atoms with Crippen molar-refractivity contribution in [2.45, 2.75) is 12.5 Å². The van der Waals surface area contributed by atoms with E-state index in [0.29, 0.717) is 10.6 Å². The first kappa shape index (κ1) is 12.7. The van der Waals surface area contributed by atoms with Gasteiger partial charge in [-0.05, 0) is 6.07 Å². The predicted octanol–water partition coefficient (Wildman–Crippen LogP) is 0.820. The lowest BCUT2D eigenvalue weighted by Gasteiger charge is -2.12. The normalized spacial score (nSPS) is 12.0. The fraction of sp³-hybridized carbons (Fsp3) is 0.400. The fourth-order valence-corrected chi connectivity index (χ4v) is 1.44. The van der Waals surface area contributed by atoms with Gasteiger partial charge < -0.3 is 14.6 Å². The maximum Gasteiger partial charge on any atom is 0.335 e. The summed E-state index contributed by atoms with van der Waals surface area (Å²) in [5.41, 5.74) is 0.476. The second-order valence-corrected chi connectivity index (χ2v) is 3.43. The molecule has 1 aromatic rings. The summed E-state index contributed by atoms with van der Waals surface area (Å²) in [6.45, 7) is 0. The molecule has 0 radical (unpaired) electrons. The minimum atomic E-state index is -1.28. The van der Waals surface area contributed by atoms with E-state index >= 15 is 0 Å². The second-order valence-electron chi connectivity index (χ2n) is 3.02. The molecule has 16 heavy (non-hydrogen) atoms. The van der Waals surface area contributed by atoms with Gasteiger partial charge in [0.2, 0.25) is 5.88 Å². The molecule has 0 amide bonds. The first-order valence-electron chi connectivity index (χ1n) is 4.53. The van der Waals surface area contributed by atoms with Crippen molar-refractivity contribution >= 4 is 17.6 Å². The van der Waals surface area contributed by atoms with E-state index < -0.39 is 12.1 Å². The van der Waals surface area contributed by atoms with Crippen LogP contribution < -0.4 is 4.74 Å². The average Bonchev–Trinajstić information content (AvgIpc) is 2.30. The molecule has 0 saturated heterocycles. The maximum atomic E-state index is 11.1. The molecule has 0 saturated carbocycles. The van der Waals surface area contributed by atoms with Gasteiger partial charge in [-0.15, -0.1) is 0 Å². The number of carbonyl (C=O) groups is 1. The number of hydrogen-bond acceptors (Lipinski definition) is 5. The molecule has 1 heterocycles. The van der Waals surface area contributed by atoms with E-state index in [1.165, 1.54) is 20.4 Å². The summed E-state index contributed by atoms with van der Waals surface area (Å²) in [5.74, 6) is -0.433. The highest BCUT2D eigenvalue weighted by molar-refractivity contribution is 6.31. The Balaban J connectivity index is 2.91. The van der Waals surface area contributed by atoms with E-state index in [2.05, 4.69) is 9.72 Å². The SMILES string of the molecule is COC(=O)C(O)Cc1c(Cl)ccnc1OC. The van der Waals surface area contributed by atoms with Gasteiger partial charge >= 0.3 is 5.97 Å². The molecule has 0 spiro atoms. The molecule has 1 N–H and O–H groups in total. The summed E-state index contributed by atoms with van der Waals surface area (Å²) >= 11 is 5.92. The molecule has 1 rings (SSSR count). The Kier molecular flexibility index (Phi) is 4.52. The molecular formula is C10H12ClNO4. The molecule has 1 atom stereocenters. The van der Waals surface area contributed by atoms with Gasteiger partial charge in [-0.25, -0.2) is 9.78 Å². The second kappa shape index (κ2) is 5.67. The van der Waals surface area contributed by atoms with Crippen LogP contribution >= 0.6 is 11.6 Å². The van der Waals surface area contributed by atoms with Gasteiger partial charge in [0.25, 0.3) is 0 Å². The van der Waals surface area contributed by atoms with Crippen molar-refractivity contribution in [3.63, 3.8) is 0 Å². The third-order valence-electron chi connectivity index (χ3n) is 2.02. The first-order valence-corrected chi connectivity index (χ1v) is 4.91. The quantitative estimate of drug-likeness (QED) is 0.796. The summed E-state index contributed by atoms with van der Waals surface area (Å²) in [4.78, 5) is 15.0. The Hall–Kier alpha value is -1.33. The lowest BCUT2D eigenvalue weighted by Crippen LogP contribution is -2.24. The van der Waals surface area contributed by atoms with Crippen LogP contribution in [0.1, 0.15) is 5.56 Å². The highest BCUT2D eigenvalue weighted by atomic mass is 35.5. The minimum absolute atomic E-state index is 0.00250. The number of halogens is 1. The largest absolute Gasteiger partial charge is 0.481 e. The van der Waals surface area contributed by atoms with Gasteiger partial charge in [-0.3, -0.25) is 0 Å². The van der Waals surface area contributed by atoms with Crippen LogP contribution in [0.3, 0.4) is 0 Å². The molecule has 1 unspecified atom stereocenters. The summed E-state index contributed by atoms with van der Waals surface area (Å²) in [6, 6.07) is 1.56. The van der Waals surface area contributed by atoms with Crippen molar-refractivity contribution in [1.82, 2.24) is 4.98 Å². The summed E-state index contributed by atoms with van der Waals surface area (Å²) in [6.07, 6.45) is 0.207. The van der Waals surface area contributed by atoms with Gasteiger partial charge in [0.1, 0.15) is 0 Å². The highest BCUT2D eigenvalue weighted by Crippen LogP contribution is 2.25. The number of hydrogen-bond donors (Lipinski definition) is 1. The lowest BCUT2D eigenvalue weighted by molar-refractivity contribution is -0.150. The number of ether oxygens (including phenoxy) is 2. The van der Waals surface area contributed by atoms with Crippen LogP contribution in [0.15, 0.2) is 12.3 Å². The van der Waals surface area contributed by atoms with Crippen LogP contribution in [0, 0.1) is 0 Å². The van der Waals surface area contributed by atoms with E-state index in [1.54, 1.807) is 6.07 Å².